The lowest BCUT2D eigenvalue weighted by Crippen LogP contribution is -2.44. The van der Waals surface area contributed by atoms with Crippen LogP contribution in [0.4, 0.5) is 5.69 Å². The van der Waals surface area contributed by atoms with Gasteiger partial charge < -0.3 is 10.2 Å². The number of nitrogens with zero attached hydrogens (tertiary/aromatic N) is 2. The Kier molecular flexibility index (Phi) is 7.36. The quantitative estimate of drug-likeness (QED) is 0.823. The first-order chi connectivity index (χ1) is 13.4. The molecule has 28 heavy (non-hydrogen) atoms. The normalized spacial score (nSPS) is 19.3. The second-order valence-corrected chi connectivity index (χ2v) is 8.68. The van der Waals surface area contributed by atoms with Gasteiger partial charge in [-0.3, -0.25) is 14.5 Å². The Morgan fingerprint density at radius 3 is 2.29 bits per heavy atom. The summed E-state index contributed by atoms with van der Waals surface area (Å²) >= 11 is 6.29. The number of hydrogen-bond acceptors (Lipinski definition) is 3. The van der Waals surface area contributed by atoms with Gasteiger partial charge in [-0.25, -0.2) is 0 Å². The average Bonchev–Trinajstić information content (AvgIpc) is 2.94. The van der Waals surface area contributed by atoms with Crippen LogP contribution in [-0.4, -0.2) is 54.3 Å². The number of benzene rings is 1. The third-order valence-electron chi connectivity index (χ3n) is 5.92. The van der Waals surface area contributed by atoms with Crippen LogP contribution >= 0.6 is 11.6 Å². The third kappa shape index (κ3) is 5.48. The van der Waals surface area contributed by atoms with E-state index in [1.54, 1.807) is 0 Å². The summed E-state index contributed by atoms with van der Waals surface area (Å²) in [5.74, 6) is 0.394. The van der Waals surface area contributed by atoms with Crippen LogP contribution < -0.4 is 5.32 Å². The Balaban J connectivity index is 1.47. The minimum absolute atomic E-state index is 0.0499. The molecule has 2 saturated heterocycles. The van der Waals surface area contributed by atoms with Crippen molar-refractivity contribution in [2.24, 2.45) is 5.92 Å². The fraction of sp³-hybridized carbons (Fsp3) is 0.636. The molecule has 0 aromatic heterocycles. The van der Waals surface area contributed by atoms with Crippen LogP contribution in [0.1, 0.15) is 49.7 Å². The SMILES string of the molecule is Cc1cc(C)c(NC(=O)CN2CCC(C(=O)N3CCCCCC3)CC2)c(Cl)c1. The maximum Gasteiger partial charge on any atom is 0.238 e. The molecule has 0 bridgehead atoms. The van der Waals surface area contributed by atoms with Crippen molar-refractivity contribution in [3.63, 3.8) is 0 Å². The Hall–Kier alpha value is -1.59. The van der Waals surface area contributed by atoms with Crippen LogP contribution in [0.15, 0.2) is 12.1 Å². The molecule has 2 amide bonds. The summed E-state index contributed by atoms with van der Waals surface area (Å²) in [4.78, 5) is 29.5. The van der Waals surface area contributed by atoms with Gasteiger partial charge in [-0.15, -0.1) is 0 Å². The predicted octanol–water partition coefficient (Wildman–Crippen LogP) is 4.01. The lowest BCUT2D eigenvalue weighted by molar-refractivity contribution is -0.137. The summed E-state index contributed by atoms with van der Waals surface area (Å²) < 4.78 is 0. The first-order valence-corrected chi connectivity index (χ1v) is 10.9. The van der Waals surface area contributed by atoms with Crippen LogP contribution in [0.2, 0.25) is 5.02 Å². The zero-order valence-corrected chi connectivity index (χ0v) is 17.9. The van der Waals surface area contributed by atoms with E-state index in [4.69, 9.17) is 11.6 Å². The summed E-state index contributed by atoms with van der Waals surface area (Å²) in [5, 5.41) is 3.53. The molecule has 2 heterocycles. The second kappa shape index (κ2) is 9.75. The zero-order valence-electron chi connectivity index (χ0n) is 17.1. The highest BCUT2D eigenvalue weighted by Crippen LogP contribution is 2.27. The number of halogens is 1. The lowest BCUT2D eigenvalue weighted by atomic mass is 9.95. The van der Waals surface area contributed by atoms with Crippen molar-refractivity contribution in [1.29, 1.82) is 0 Å². The van der Waals surface area contributed by atoms with Crippen molar-refractivity contribution in [2.75, 3.05) is 38.0 Å². The van der Waals surface area contributed by atoms with Gasteiger partial charge in [0.1, 0.15) is 0 Å². The van der Waals surface area contributed by atoms with Gasteiger partial charge in [0, 0.05) is 19.0 Å². The largest absolute Gasteiger partial charge is 0.342 e. The summed E-state index contributed by atoms with van der Waals surface area (Å²) in [6, 6.07) is 3.88. The highest BCUT2D eigenvalue weighted by molar-refractivity contribution is 6.34. The van der Waals surface area contributed by atoms with Crippen molar-refractivity contribution in [2.45, 2.75) is 52.4 Å². The van der Waals surface area contributed by atoms with Crippen LogP contribution in [-0.2, 0) is 9.59 Å². The van der Waals surface area contributed by atoms with Gasteiger partial charge in [0.15, 0.2) is 0 Å². The summed E-state index contributed by atoms with van der Waals surface area (Å²) in [7, 11) is 0. The fourth-order valence-corrected chi connectivity index (χ4v) is 4.71. The van der Waals surface area contributed by atoms with E-state index in [-0.39, 0.29) is 11.8 Å². The minimum atomic E-state index is -0.0499. The fourth-order valence-electron chi connectivity index (χ4n) is 4.34. The highest BCUT2D eigenvalue weighted by Gasteiger charge is 2.29. The number of piperidine rings is 1. The van der Waals surface area contributed by atoms with E-state index in [2.05, 4.69) is 15.1 Å². The molecule has 2 fully saturated rings. The van der Waals surface area contributed by atoms with E-state index >= 15 is 0 Å². The van der Waals surface area contributed by atoms with Crippen molar-refractivity contribution >= 4 is 29.1 Å². The summed E-state index contributed by atoms with van der Waals surface area (Å²) in [5.41, 5.74) is 2.75. The monoisotopic (exact) mass is 405 g/mol. The van der Waals surface area contributed by atoms with E-state index < -0.39 is 0 Å². The van der Waals surface area contributed by atoms with Crippen molar-refractivity contribution in [3.8, 4) is 0 Å². The van der Waals surface area contributed by atoms with Crippen LogP contribution in [0.25, 0.3) is 0 Å². The minimum Gasteiger partial charge on any atom is -0.342 e. The van der Waals surface area contributed by atoms with E-state index in [1.165, 1.54) is 12.8 Å². The van der Waals surface area contributed by atoms with Gasteiger partial charge >= 0.3 is 0 Å². The molecule has 0 saturated carbocycles. The number of hydrogen-bond donors (Lipinski definition) is 1. The molecule has 1 aromatic carbocycles. The molecular weight excluding hydrogens is 374 g/mol. The van der Waals surface area contributed by atoms with E-state index in [0.717, 1.165) is 63.0 Å². The van der Waals surface area contributed by atoms with Crippen molar-refractivity contribution in [1.82, 2.24) is 9.80 Å². The molecule has 6 heteroatoms. The van der Waals surface area contributed by atoms with Gasteiger partial charge in [-0.2, -0.15) is 0 Å². The number of carbonyl (C=O) groups is 2. The highest BCUT2D eigenvalue weighted by atomic mass is 35.5. The molecule has 3 rings (SSSR count). The van der Waals surface area contributed by atoms with Gasteiger partial charge in [0.05, 0.1) is 17.3 Å². The standard InChI is InChI=1S/C22H32ClN3O2/c1-16-13-17(2)21(19(23)14-16)24-20(27)15-25-11-7-18(8-12-25)22(28)26-9-5-3-4-6-10-26/h13-14,18H,3-12,15H2,1-2H3,(H,24,27). The van der Waals surface area contributed by atoms with Crippen LogP contribution in [0.5, 0.6) is 0 Å². The number of aryl methyl sites for hydroxylation is 2. The number of nitrogens with one attached hydrogen (secondary N) is 1. The molecule has 154 valence electrons. The molecule has 0 spiro atoms. The third-order valence-corrected chi connectivity index (χ3v) is 6.22. The van der Waals surface area contributed by atoms with Crippen molar-refractivity contribution < 1.29 is 9.59 Å². The zero-order chi connectivity index (χ0) is 20.1. The van der Waals surface area contributed by atoms with Gasteiger partial charge in [0.25, 0.3) is 0 Å². The number of anilines is 1. The van der Waals surface area contributed by atoms with Gasteiger partial charge in [-0.1, -0.05) is 30.5 Å². The topological polar surface area (TPSA) is 52.7 Å². The summed E-state index contributed by atoms with van der Waals surface area (Å²) in [6.07, 6.45) is 6.42. The molecule has 5 nitrogen and oxygen atoms in total. The van der Waals surface area contributed by atoms with E-state index in [1.807, 2.05) is 26.0 Å². The molecule has 0 atom stereocenters. The summed E-state index contributed by atoms with van der Waals surface area (Å²) in [6.45, 7) is 7.69. The van der Waals surface area contributed by atoms with Crippen LogP contribution in [0.3, 0.4) is 0 Å². The van der Waals surface area contributed by atoms with E-state index in [0.29, 0.717) is 23.2 Å². The Bertz CT molecular complexity index is 683. The van der Waals surface area contributed by atoms with Crippen molar-refractivity contribution in [3.05, 3.63) is 28.3 Å². The maximum atomic E-state index is 12.8. The first kappa shape index (κ1) is 21.1. The number of rotatable bonds is 4. The Morgan fingerprint density at radius 2 is 1.68 bits per heavy atom. The number of amides is 2. The first-order valence-electron chi connectivity index (χ1n) is 10.5. The smallest absolute Gasteiger partial charge is 0.238 e. The molecule has 1 N–H and O–H groups in total. The Labute approximate surface area is 173 Å². The van der Waals surface area contributed by atoms with Gasteiger partial charge in [0.2, 0.25) is 11.8 Å². The van der Waals surface area contributed by atoms with E-state index in [9.17, 15) is 9.59 Å². The Morgan fingerprint density at radius 1 is 1.04 bits per heavy atom. The average molecular weight is 406 g/mol. The molecule has 1 aromatic rings. The van der Waals surface area contributed by atoms with Gasteiger partial charge in [-0.05, 0) is 69.8 Å². The number of likely N-dealkylation sites (tertiary alicyclic amines) is 2. The second-order valence-electron chi connectivity index (χ2n) is 8.28. The van der Waals surface area contributed by atoms with Crippen LogP contribution in [0, 0.1) is 19.8 Å². The molecule has 0 aliphatic carbocycles. The molecule has 2 aliphatic rings. The lowest BCUT2D eigenvalue weighted by Gasteiger charge is -2.33. The molecule has 0 radical (unpaired) electrons. The molecule has 0 unspecified atom stereocenters. The number of carbonyl (C=O) groups excluding carboxylic acids is 2. The maximum absolute atomic E-state index is 12.8. The molecule has 2 aliphatic heterocycles. The predicted molar refractivity (Wildman–Crippen MR) is 114 cm³/mol. The molecular formula is C22H32ClN3O2.